The molecule has 0 radical (unpaired) electrons. The van der Waals surface area contributed by atoms with Gasteiger partial charge in [0.1, 0.15) is 128 Å². The number of allylic oxidation sites excluding steroid dienone is 1. The van der Waals surface area contributed by atoms with Crippen LogP contribution in [0.4, 0.5) is 0 Å². The van der Waals surface area contributed by atoms with Gasteiger partial charge in [0, 0.05) is 12.3 Å². The van der Waals surface area contributed by atoms with Crippen molar-refractivity contribution < 1.29 is 153 Å². The first-order valence-corrected chi connectivity index (χ1v) is 32.8. The molecule has 7 aliphatic heterocycles. The van der Waals surface area contributed by atoms with Gasteiger partial charge in [0.25, 0.3) is 0 Å². The van der Waals surface area contributed by atoms with Gasteiger partial charge in [0.2, 0.25) is 0 Å². The summed E-state index contributed by atoms with van der Waals surface area (Å²) in [4.78, 5) is 0. The van der Waals surface area contributed by atoms with Crippen molar-refractivity contribution in [2.75, 3.05) is 39.6 Å². The predicted molar refractivity (Wildman–Crippen MR) is 303 cm³/mol. The molecule has 4 aliphatic carbocycles. The third-order valence-corrected chi connectivity index (χ3v) is 22.9. The van der Waals surface area contributed by atoms with Crippen LogP contribution in [0.1, 0.15) is 92.4 Å². The van der Waals surface area contributed by atoms with E-state index in [-0.39, 0.29) is 41.3 Å². The van der Waals surface area contributed by atoms with Gasteiger partial charge < -0.3 is 153 Å². The summed E-state index contributed by atoms with van der Waals surface area (Å²) < 4.78 is 79.1. The SMILES string of the molecule is C[C@H](CC[C@@]1(O)O[C@H]2C[C@H]3[C@@H]4CC=C5C[C@@H](O[C@@H]6O[C@H](CO)[C@H](O[C@@H]7O[C@H](CO)[C@@H](O)[C@H](O[C@@H]8OC[C@@H](O)[C@H](O)[C@H]8O)[C@H]7O[C@@H]7OC[C@@H](O)[C@H](O)[C@H]7O)[C@H](O)[C@H]6O[C@@H]6O[C@@H](C)[C@H](O)[C@@H](O)[C@H]6O)CC[C@]5(C)[C@H]4CC[C@]3(C)[C@H]2[C@@H]1C)CO[C@@H]1O[C@H](CO)[C@@H](O)[C@H](O)[C@H]1O. The summed E-state index contributed by atoms with van der Waals surface area (Å²) in [5, 5.41) is 195. The van der Waals surface area contributed by atoms with Gasteiger partial charge in [-0.15, -0.1) is 0 Å². The number of hydrogen-bond acceptors (Lipinski definition) is 31. The van der Waals surface area contributed by atoms with E-state index < -0.39 is 217 Å². The van der Waals surface area contributed by atoms with Gasteiger partial charge >= 0.3 is 0 Å². The van der Waals surface area contributed by atoms with E-state index in [0.29, 0.717) is 49.9 Å². The van der Waals surface area contributed by atoms with Crippen molar-refractivity contribution in [2.24, 2.45) is 46.3 Å². The second-order valence-electron chi connectivity index (χ2n) is 28.5. The van der Waals surface area contributed by atoms with E-state index in [2.05, 4.69) is 26.8 Å². The first kappa shape index (κ1) is 71.8. The summed E-state index contributed by atoms with van der Waals surface area (Å²) in [6.07, 6.45) is -39.7. The highest BCUT2D eigenvalue weighted by Gasteiger charge is 2.68. The van der Waals surface area contributed by atoms with Crippen molar-refractivity contribution in [1.82, 2.24) is 0 Å². The minimum Gasteiger partial charge on any atom is -0.394 e. The Morgan fingerprint density at radius 3 is 1.75 bits per heavy atom. The molecule has 7 saturated heterocycles. The number of ether oxygens (including phenoxy) is 13. The van der Waals surface area contributed by atoms with Crippen LogP contribution in [0.25, 0.3) is 0 Å². The lowest BCUT2D eigenvalue weighted by molar-refractivity contribution is -0.408. The van der Waals surface area contributed by atoms with Crippen LogP contribution < -0.4 is 0 Å². The van der Waals surface area contributed by atoms with E-state index in [1.807, 2.05) is 6.92 Å². The maximum absolute atomic E-state index is 12.7. The molecule has 0 spiro atoms. The summed E-state index contributed by atoms with van der Waals surface area (Å²) in [5.41, 5.74) is 0.799. The fourth-order valence-corrected chi connectivity index (χ4v) is 17.4. The summed E-state index contributed by atoms with van der Waals surface area (Å²) >= 11 is 0. The summed E-state index contributed by atoms with van der Waals surface area (Å²) in [5.74, 6) is -0.698. The van der Waals surface area contributed by atoms with E-state index in [1.165, 1.54) is 12.5 Å². The zero-order valence-electron chi connectivity index (χ0n) is 52.3. The van der Waals surface area contributed by atoms with Gasteiger partial charge in [-0.05, 0) is 98.7 Å². The first-order chi connectivity index (χ1) is 43.6. The van der Waals surface area contributed by atoms with Crippen LogP contribution in [-0.2, 0) is 61.6 Å². The Morgan fingerprint density at radius 1 is 0.543 bits per heavy atom. The van der Waals surface area contributed by atoms with E-state index in [1.54, 1.807) is 0 Å². The minimum absolute atomic E-state index is 0.0906. The zero-order chi connectivity index (χ0) is 66.4. The van der Waals surface area contributed by atoms with Crippen LogP contribution in [0, 0.1) is 46.3 Å². The monoisotopic (exact) mass is 1330 g/mol. The largest absolute Gasteiger partial charge is 0.394 e. The molecule has 0 amide bonds. The van der Waals surface area contributed by atoms with Crippen LogP contribution in [0.3, 0.4) is 0 Å². The third kappa shape index (κ3) is 13.3. The Hall–Kier alpha value is -1.50. The second-order valence-corrected chi connectivity index (χ2v) is 28.5. The molecule has 3 saturated carbocycles. The molecule has 18 N–H and O–H groups in total. The number of rotatable bonds is 19. The van der Waals surface area contributed by atoms with Crippen LogP contribution in [0.15, 0.2) is 11.6 Å². The maximum atomic E-state index is 12.7. The van der Waals surface area contributed by atoms with Crippen molar-refractivity contribution in [3.05, 3.63) is 11.6 Å². The van der Waals surface area contributed by atoms with Gasteiger partial charge in [-0.2, -0.15) is 0 Å². The highest BCUT2D eigenvalue weighted by Crippen LogP contribution is 2.70. The average molecular weight is 1330 g/mol. The smallest absolute Gasteiger partial charge is 0.187 e. The predicted octanol–water partition coefficient (Wildman–Crippen LogP) is -6.08. The minimum atomic E-state index is -1.97. The number of fused-ring (bicyclic) bond motifs is 7. The van der Waals surface area contributed by atoms with E-state index in [9.17, 15) is 91.9 Å². The fraction of sp³-hybridized carbons (Fsp3) is 0.967. The van der Waals surface area contributed by atoms with Crippen LogP contribution in [0.5, 0.6) is 0 Å². The fourth-order valence-electron chi connectivity index (χ4n) is 17.4. The Kier molecular flexibility index (Phi) is 22.3. The molecule has 0 aromatic rings. The quantitative estimate of drug-likeness (QED) is 0.0535. The molecule has 0 bridgehead atoms. The molecule has 31 nitrogen and oxygen atoms in total. The van der Waals surface area contributed by atoms with Crippen molar-refractivity contribution in [3.8, 4) is 0 Å². The Morgan fingerprint density at radius 2 is 1.10 bits per heavy atom. The van der Waals surface area contributed by atoms with E-state index >= 15 is 0 Å². The lowest BCUT2D eigenvalue weighted by Crippen LogP contribution is -2.68. The molecular weight excluding hydrogens is 1230 g/mol. The normalized spacial score (nSPS) is 55.0. The summed E-state index contributed by atoms with van der Waals surface area (Å²) in [6.45, 7) is 6.69. The molecule has 7 heterocycles. The Labute approximate surface area is 532 Å². The maximum Gasteiger partial charge on any atom is 0.187 e. The highest BCUT2D eigenvalue weighted by molar-refractivity contribution is 5.26. The molecule has 11 aliphatic rings. The zero-order valence-corrected chi connectivity index (χ0v) is 52.3. The van der Waals surface area contributed by atoms with Crippen LogP contribution >= 0.6 is 0 Å². The Bertz CT molecular complexity index is 2450. The highest BCUT2D eigenvalue weighted by atomic mass is 16.8. The lowest BCUT2D eigenvalue weighted by atomic mass is 9.47. The van der Waals surface area contributed by atoms with Crippen molar-refractivity contribution in [1.29, 1.82) is 0 Å². The van der Waals surface area contributed by atoms with E-state index in [4.69, 9.17) is 61.6 Å². The molecule has 0 unspecified atom stereocenters. The van der Waals surface area contributed by atoms with Gasteiger partial charge in [-0.3, -0.25) is 0 Å². The molecule has 0 aromatic heterocycles. The van der Waals surface area contributed by atoms with Crippen molar-refractivity contribution in [2.45, 2.75) is 282 Å². The molecule has 10 fully saturated rings. The number of aliphatic hydroxyl groups is 18. The van der Waals surface area contributed by atoms with E-state index in [0.717, 1.165) is 25.7 Å². The Balaban J connectivity index is 0.785. The van der Waals surface area contributed by atoms with Gasteiger partial charge in [0.15, 0.2) is 43.5 Å². The van der Waals surface area contributed by atoms with Crippen LogP contribution in [-0.4, -0.2) is 322 Å². The molecule has 11 rings (SSSR count). The number of aliphatic hydroxyl groups excluding tert-OH is 17. The third-order valence-electron chi connectivity index (χ3n) is 22.9. The summed E-state index contributed by atoms with van der Waals surface area (Å²) in [6, 6.07) is 0. The topological polar surface area (TPSA) is 484 Å². The standard InChI is InChI=1S/C61H100O31/c1-22(19-80-53-46(76)43(73)40(70)33(16-62)85-53)8-13-61(79)23(2)36-32(92-61)15-29-27-7-6-25-14-26(9-11-59(25,4)28(27)10-12-60(29,36)5)84-57-51(90-56-47(77)42(72)37(67)24(3)83-56)48(78)49(35(18-64)87-57)88-58-52(91-55-45(75)39(69)31(66)21-82-55)50(41(71)34(17-63)86-58)89-54-44(74)38(68)30(65)20-81-54/h6,22-24,26-58,62-79H,7-21H2,1-5H3/t22-,23+,24+,26+,27-,28+,29+,30-,31-,32+,33-,34-,35-,36+,37+,38+,39+,40-,41-,42-,43+,44-,45-,46-,47-,48+,49+,50+,51-,52-,53-,54+,55+,56+,57-,58+,59+,60+,61-/m1/s1. The molecule has 530 valence electrons. The van der Waals surface area contributed by atoms with Gasteiger partial charge in [-0.1, -0.05) is 39.3 Å². The summed E-state index contributed by atoms with van der Waals surface area (Å²) in [7, 11) is 0. The molecule has 0 aromatic carbocycles. The molecule has 39 atom stereocenters. The van der Waals surface area contributed by atoms with Crippen molar-refractivity contribution >= 4 is 0 Å². The lowest BCUT2D eigenvalue weighted by Gasteiger charge is -2.58. The first-order valence-electron chi connectivity index (χ1n) is 32.8. The molecule has 92 heavy (non-hydrogen) atoms. The molecule has 31 heteroatoms. The van der Waals surface area contributed by atoms with Crippen molar-refractivity contribution in [3.63, 3.8) is 0 Å². The van der Waals surface area contributed by atoms with Crippen LogP contribution in [0.2, 0.25) is 0 Å². The second kappa shape index (κ2) is 28.6. The molecular formula is C61H100O31. The average Bonchev–Trinajstić information content (AvgIpc) is 1.49. The van der Waals surface area contributed by atoms with Gasteiger partial charge in [-0.25, -0.2) is 0 Å². The number of hydrogen-bond donors (Lipinski definition) is 18. The van der Waals surface area contributed by atoms with Gasteiger partial charge in [0.05, 0.1) is 58.0 Å².